The quantitative estimate of drug-likeness (QED) is 0.673. The first-order valence-corrected chi connectivity index (χ1v) is 11.7. The number of sulfonamides is 1. The van der Waals surface area contributed by atoms with Crippen molar-refractivity contribution in [3.8, 4) is 0 Å². The van der Waals surface area contributed by atoms with E-state index < -0.39 is 34.4 Å². The molecule has 1 aromatic heterocycles. The lowest BCUT2D eigenvalue weighted by molar-refractivity contribution is -0.152. The average Bonchev–Trinajstić information content (AvgIpc) is 3.25. The number of piperidine rings is 1. The topological polar surface area (TPSA) is 92.8 Å². The van der Waals surface area contributed by atoms with Crippen molar-refractivity contribution in [2.24, 2.45) is 5.92 Å². The van der Waals surface area contributed by atoms with Crippen LogP contribution in [0.2, 0.25) is 5.02 Å². The Bertz CT molecular complexity index is 992. The minimum absolute atomic E-state index is 0.0499. The van der Waals surface area contributed by atoms with E-state index in [1.807, 2.05) is 6.92 Å². The lowest BCUT2D eigenvalue weighted by Crippen LogP contribution is -2.42. The van der Waals surface area contributed by atoms with Gasteiger partial charge in [0.1, 0.15) is 4.21 Å². The van der Waals surface area contributed by atoms with Crippen molar-refractivity contribution >= 4 is 50.5 Å². The second kappa shape index (κ2) is 9.25. The number of ether oxygens (including phenoxy) is 1. The maximum Gasteiger partial charge on any atom is 0.310 e. The lowest BCUT2D eigenvalue weighted by atomic mass is 10.00. The van der Waals surface area contributed by atoms with Gasteiger partial charge in [-0.1, -0.05) is 23.7 Å². The Morgan fingerprint density at radius 2 is 2.14 bits per heavy atom. The van der Waals surface area contributed by atoms with Crippen molar-refractivity contribution in [2.75, 3.05) is 25.0 Å². The van der Waals surface area contributed by atoms with Crippen molar-refractivity contribution in [1.29, 1.82) is 0 Å². The van der Waals surface area contributed by atoms with Crippen molar-refractivity contribution in [2.45, 2.75) is 24.0 Å². The molecule has 1 fully saturated rings. The van der Waals surface area contributed by atoms with E-state index in [1.165, 1.54) is 4.31 Å². The molecule has 1 atom stereocenters. The van der Waals surface area contributed by atoms with Crippen molar-refractivity contribution < 1.29 is 22.7 Å². The third-order valence-electron chi connectivity index (χ3n) is 4.61. The summed E-state index contributed by atoms with van der Waals surface area (Å²) in [6.45, 7) is 1.81. The van der Waals surface area contributed by atoms with Gasteiger partial charge in [0.25, 0.3) is 15.9 Å². The maximum absolute atomic E-state index is 12.6. The third kappa shape index (κ3) is 5.36. The summed E-state index contributed by atoms with van der Waals surface area (Å²) in [5.74, 6) is -1.66. The summed E-state index contributed by atoms with van der Waals surface area (Å²) in [5, 5.41) is 4.83. The summed E-state index contributed by atoms with van der Waals surface area (Å²) in [4.78, 5) is 24.4. The number of hydrogen-bond donors (Lipinski definition) is 1. The molecule has 10 heteroatoms. The van der Waals surface area contributed by atoms with Gasteiger partial charge in [0.05, 0.1) is 5.92 Å². The molecule has 1 aliphatic rings. The van der Waals surface area contributed by atoms with Crippen molar-refractivity contribution in [3.05, 3.63) is 46.3 Å². The van der Waals surface area contributed by atoms with E-state index in [2.05, 4.69) is 5.32 Å². The van der Waals surface area contributed by atoms with E-state index in [9.17, 15) is 18.0 Å². The SMILES string of the molecule is Cc1ccc(NC(=O)COC(=O)C2CCCN(S(=O)(=O)c3cccs3)C2)cc1Cl. The second-order valence-corrected chi connectivity index (χ2v) is 10.3. The van der Waals surface area contributed by atoms with Gasteiger partial charge in [0.15, 0.2) is 6.61 Å². The van der Waals surface area contributed by atoms with E-state index in [1.54, 1.807) is 35.7 Å². The predicted molar refractivity (Wildman–Crippen MR) is 112 cm³/mol. The highest BCUT2D eigenvalue weighted by atomic mass is 35.5. The van der Waals surface area contributed by atoms with Gasteiger partial charge in [0, 0.05) is 23.8 Å². The highest BCUT2D eigenvalue weighted by molar-refractivity contribution is 7.91. The predicted octanol–water partition coefficient (Wildman–Crippen LogP) is 3.29. The minimum atomic E-state index is -3.61. The Hall–Kier alpha value is -1.94. The van der Waals surface area contributed by atoms with Crippen LogP contribution in [0.1, 0.15) is 18.4 Å². The zero-order valence-corrected chi connectivity index (χ0v) is 18.1. The molecule has 3 rings (SSSR count). The molecule has 1 N–H and O–H groups in total. The Morgan fingerprint density at radius 1 is 1.34 bits per heavy atom. The van der Waals surface area contributed by atoms with Crippen LogP contribution in [-0.4, -0.2) is 44.3 Å². The van der Waals surface area contributed by atoms with E-state index in [0.29, 0.717) is 30.1 Å². The van der Waals surface area contributed by atoms with Crippen LogP contribution in [0, 0.1) is 12.8 Å². The van der Waals surface area contributed by atoms with Gasteiger partial charge >= 0.3 is 5.97 Å². The summed E-state index contributed by atoms with van der Waals surface area (Å²) in [6, 6.07) is 8.31. The number of carbonyl (C=O) groups is 2. The molecule has 0 spiro atoms. The Morgan fingerprint density at radius 3 is 2.83 bits per heavy atom. The molecule has 29 heavy (non-hydrogen) atoms. The molecular weight excluding hydrogens is 436 g/mol. The fourth-order valence-electron chi connectivity index (χ4n) is 3.01. The molecule has 1 unspecified atom stereocenters. The number of nitrogens with one attached hydrogen (secondary N) is 1. The summed E-state index contributed by atoms with van der Waals surface area (Å²) in [7, 11) is -3.61. The summed E-state index contributed by atoms with van der Waals surface area (Å²) in [6.07, 6.45) is 1.07. The van der Waals surface area contributed by atoms with Gasteiger partial charge in [0.2, 0.25) is 0 Å². The number of anilines is 1. The molecule has 2 aromatic rings. The van der Waals surface area contributed by atoms with Gasteiger partial charge in [-0.2, -0.15) is 4.31 Å². The summed E-state index contributed by atoms with van der Waals surface area (Å²) < 4.78 is 32.0. The molecular formula is C19H21ClN2O5S2. The van der Waals surface area contributed by atoms with Gasteiger partial charge in [-0.05, 0) is 48.9 Å². The number of halogens is 1. The minimum Gasteiger partial charge on any atom is -0.455 e. The van der Waals surface area contributed by atoms with Gasteiger partial charge in [-0.3, -0.25) is 9.59 Å². The van der Waals surface area contributed by atoms with E-state index in [-0.39, 0.29) is 10.8 Å². The van der Waals surface area contributed by atoms with E-state index >= 15 is 0 Å². The first kappa shape index (κ1) is 21.8. The van der Waals surface area contributed by atoms with Gasteiger partial charge < -0.3 is 10.1 Å². The molecule has 1 aliphatic heterocycles. The third-order valence-corrected chi connectivity index (χ3v) is 8.25. The Kier molecular flexibility index (Phi) is 6.94. The van der Waals surface area contributed by atoms with Crippen molar-refractivity contribution in [3.63, 3.8) is 0 Å². The van der Waals surface area contributed by atoms with Crippen LogP contribution in [0.5, 0.6) is 0 Å². The number of amides is 1. The van der Waals surface area contributed by atoms with Crippen LogP contribution >= 0.6 is 22.9 Å². The second-order valence-electron chi connectivity index (χ2n) is 6.75. The number of hydrogen-bond acceptors (Lipinski definition) is 6. The number of nitrogens with zero attached hydrogens (tertiary/aromatic N) is 1. The van der Waals surface area contributed by atoms with Gasteiger partial charge in [-0.15, -0.1) is 11.3 Å². The number of thiophene rings is 1. The molecule has 1 saturated heterocycles. The van der Waals surface area contributed by atoms with Crippen molar-refractivity contribution in [1.82, 2.24) is 4.31 Å². The molecule has 1 aromatic carbocycles. The first-order chi connectivity index (χ1) is 13.8. The fraction of sp³-hybridized carbons (Fsp3) is 0.368. The van der Waals surface area contributed by atoms with Crippen LogP contribution in [0.25, 0.3) is 0 Å². The number of aryl methyl sites for hydroxylation is 1. The first-order valence-electron chi connectivity index (χ1n) is 9.03. The smallest absolute Gasteiger partial charge is 0.310 e. The van der Waals surface area contributed by atoms with E-state index in [4.69, 9.17) is 16.3 Å². The monoisotopic (exact) mass is 456 g/mol. The van der Waals surface area contributed by atoms with Crippen LogP contribution < -0.4 is 5.32 Å². The standard InChI is InChI=1S/C19H21ClN2O5S2/c1-13-6-7-15(10-16(13)20)21-17(23)12-27-19(24)14-4-2-8-22(11-14)29(25,26)18-5-3-9-28-18/h3,5-7,9-10,14H,2,4,8,11-12H2,1H3,(H,21,23). The molecule has 0 radical (unpaired) electrons. The normalized spacial score (nSPS) is 17.7. The fourth-order valence-corrected chi connectivity index (χ4v) is 5.86. The highest BCUT2D eigenvalue weighted by Gasteiger charge is 2.34. The molecule has 156 valence electrons. The van der Waals surface area contributed by atoms with Crippen LogP contribution in [-0.2, 0) is 24.3 Å². The summed E-state index contributed by atoms with van der Waals surface area (Å²) >= 11 is 7.17. The molecule has 0 saturated carbocycles. The number of carbonyl (C=O) groups excluding carboxylic acids is 2. The highest BCUT2D eigenvalue weighted by Crippen LogP contribution is 2.27. The molecule has 7 nitrogen and oxygen atoms in total. The summed E-state index contributed by atoms with van der Waals surface area (Å²) in [5.41, 5.74) is 1.39. The zero-order valence-electron chi connectivity index (χ0n) is 15.8. The molecule has 2 heterocycles. The number of rotatable bonds is 6. The largest absolute Gasteiger partial charge is 0.455 e. The molecule has 0 aliphatic carbocycles. The maximum atomic E-state index is 12.6. The average molecular weight is 457 g/mol. The lowest BCUT2D eigenvalue weighted by Gasteiger charge is -2.30. The number of esters is 1. The zero-order chi connectivity index (χ0) is 21.0. The molecule has 1 amide bonds. The van der Waals surface area contributed by atoms with Gasteiger partial charge in [-0.25, -0.2) is 8.42 Å². The Labute approximate surface area is 178 Å². The Balaban J connectivity index is 1.53. The van der Waals surface area contributed by atoms with Crippen LogP contribution in [0.3, 0.4) is 0 Å². The number of benzene rings is 1. The molecule has 0 bridgehead atoms. The van der Waals surface area contributed by atoms with Crippen LogP contribution in [0.15, 0.2) is 39.9 Å². The van der Waals surface area contributed by atoms with Crippen LogP contribution in [0.4, 0.5) is 5.69 Å². The van der Waals surface area contributed by atoms with E-state index in [0.717, 1.165) is 16.9 Å².